The van der Waals surface area contributed by atoms with Crippen molar-refractivity contribution in [3.8, 4) is 0 Å². The Kier molecular flexibility index (Phi) is 7.72. The molecule has 0 bridgehead atoms. The van der Waals surface area contributed by atoms with Crippen molar-refractivity contribution in [2.24, 2.45) is 0 Å². The summed E-state index contributed by atoms with van der Waals surface area (Å²) in [5, 5.41) is 4.80. The molecular formula is C20H20N2O7. The second-order valence-electron chi connectivity index (χ2n) is 5.75. The monoisotopic (exact) mass is 400 g/mol. The number of methoxy groups -OCH3 is 2. The topological polar surface area (TPSA) is 120 Å². The Labute approximate surface area is 166 Å². The molecule has 0 saturated heterocycles. The van der Waals surface area contributed by atoms with E-state index < -0.39 is 23.9 Å². The fraction of sp³-hybridized carbons (Fsp3) is 0.200. The van der Waals surface area contributed by atoms with Gasteiger partial charge in [-0.15, -0.1) is 0 Å². The minimum absolute atomic E-state index is 0.0564. The molecule has 2 aromatic carbocycles. The minimum Gasteiger partial charge on any atom is -0.465 e. The van der Waals surface area contributed by atoms with Crippen molar-refractivity contribution in [3.05, 3.63) is 65.2 Å². The van der Waals surface area contributed by atoms with Crippen LogP contribution < -0.4 is 10.6 Å². The van der Waals surface area contributed by atoms with Crippen molar-refractivity contribution in [1.29, 1.82) is 0 Å². The molecule has 2 rings (SSSR count). The molecule has 0 radical (unpaired) electrons. The molecule has 0 aliphatic heterocycles. The molecule has 29 heavy (non-hydrogen) atoms. The lowest BCUT2D eigenvalue weighted by Crippen LogP contribution is -2.33. The van der Waals surface area contributed by atoms with Gasteiger partial charge >= 0.3 is 18.0 Å². The summed E-state index contributed by atoms with van der Waals surface area (Å²) in [4.78, 5) is 47.3. The number of ether oxygens (including phenoxy) is 3. The quantitative estimate of drug-likeness (QED) is 0.539. The molecule has 152 valence electrons. The lowest BCUT2D eigenvalue weighted by molar-refractivity contribution is -0.115. The molecule has 2 amide bonds. The van der Waals surface area contributed by atoms with Crippen molar-refractivity contribution in [3.63, 3.8) is 0 Å². The molecule has 0 aliphatic rings. The first-order valence-corrected chi connectivity index (χ1v) is 8.49. The van der Waals surface area contributed by atoms with E-state index in [2.05, 4.69) is 20.1 Å². The fourth-order valence-corrected chi connectivity index (χ4v) is 2.30. The first-order chi connectivity index (χ1) is 13.9. The van der Waals surface area contributed by atoms with E-state index in [1.807, 2.05) is 18.2 Å². The number of hydrogen-bond acceptors (Lipinski definition) is 7. The summed E-state index contributed by atoms with van der Waals surface area (Å²) in [5.74, 6) is -1.96. The van der Waals surface area contributed by atoms with E-state index in [1.54, 1.807) is 12.1 Å². The highest BCUT2D eigenvalue weighted by Gasteiger charge is 2.15. The fourth-order valence-electron chi connectivity index (χ4n) is 2.30. The number of esters is 2. The normalized spacial score (nSPS) is 9.86. The van der Waals surface area contributed by atoms with Crippen LogP contribution in [0.15, 0.2) is 48.5 Å². The van der Waals surface area contributed by atoms with Crippen LogP contribution in [0.1, 0.15) is 26.3 Å². The Bertz CT molecular complexity index is 863. The third-order valence-electron chi connectivity index (χ3n) is 3.67. The van der Waals surface area contributed by atoms with E-state index in [1.165, 1.54) is 32.4 Å². The van der Waals surface area contributed by atoms with E-state index in [4.69, 9.17) is 4.74 Å². The Balaban J connectivity index is 1.94. The number of benzene rings is 2. The van der Waals surface area contributed by atoms with E-state index in [9.17, 15) is 19.2 Å². The smallest absolute Gasteiger partial charge is 0.407 e. The van der Waals surface area contributed by atoms with Crippen LogP contribution in [0.4, 0.5) is 10.5 Å². The van der Waals surface area contributed by atoms with E-state index >= 15 is 0 Å². The van der Waals surface area contributed by atoms with Crippen molar-refractivity contribution >= 4 is 29.6 Å². The standard InChI is InChI=1S/C20H20N2O7/c1-27-18(24)14-8-15(19(25)28-2)10-16(9-14)22-17(23)11-21-20(26)29-12-13-6-4-3-5-7-13/h3-10H,11-12H2,1-2H3,(H,21,26)(H,22,23). The van der Waals surface area contributed by atoms with Gasteiger partial charge in [-0.3, -0.25) is 4.79 Å². The summed E-state index contributed by atoms with van der Waals surface area (Å²) in [6.07, 6.45) is -0.762. The third kappa shape index (κ3) is 6.65. The molecule has 0 aromatic heterocycles. The predicted molar refractivity (Wildman–Crippen MR) is 102 cm³/mol. The van der Waals surface area contributed by atoms with Crippen LogP contribution in [0, 0.1) is 0 Å². The van der Waals surface area contributed by atoms with Gasteiger partial charge in [-0.2, -0.15) is 0 Å². The number of amides is 2. The zero-order chi connectivity index (χ0) is 21.2. The molecule has 0 spiro atoms. The van der Waals surface area contributed by atoms with Crippen molar-refractivity contribution in [2.45, 2.75) is 6.61 Å². The molecule has 0 fully saturated rings. The second-order valence-corrected chi connectivity index (χ2v) is 5.75. The van der Waals surface area contributed by atoms with Gasteiger partial charge in [0, 0.05) is 5.69 Å². The molecule has 9 nitrogen and oxygen atoms in total. The van der Waals surface area contributed by atoms with Crippen LogP contribution in [0.5, 0.6) is 0 Å². The third-order valence-corrected chi connectivity index (χ3v) is 3.67. The molecule has 9 heteroatoms. The molecule has 0 saturated carbocycles. The van der Waals surface area contributed by atoms with Gasteiger partial charge in [0.25, 0.3) is 0 Å². The van der Waals surface area contributed by atoms with Crippen LogP contribution in [-0.4, -0.2) is 44.7 Å². The van der Waals surface area contributed by atoms with Crippen molar-refractivity contribution in [2.75, 3.05) is 26.1 Å². The van der Waals surface area contributed by atoms with Crippen LogP contribution in [0.2, 0.25) is 0 Å². The summed E-state index contributed by atoms with van der Waals surface area (Å²) < 4.78 is 14.3. The average Bonchev–Trinajstić information content (AvgIpc) is 2.75. The number of nitrogens with one attached hydrogen (secondary N) is 2. The Morgan fingerprint density at radius 2 is 1.45 bits per heavy atom. The highest BCUT2D eigenvalue weighted by atomic mass is 16.5. The number of alkyl carbamates (subject to hydrolysis) is 1. The van der Waals surface area contributed by atoms with E-state index in [0.717, 1.165) is 5.56 Å². The number of hydrogen-bond donors (Lipinski definition) is 2. The first kappa shape index (κ1) is 21.4. The highest BCUT2D eigenvalue weighted by molar-refractivity contribution is 6.00. The van der Waals surface area contributed by atoms with Crippen LogP contribution in [0.3, 0.4) is 0 Å². The summed E-state index contributed by atoms with van der Waals surface area (Å²) in [7, 11) is 2.38. The Morgan fingerprint density at radius 3 is 2.00 bits per heavy atom. The molecule has 2 aromatic rings. The lowest BCUT2D eigenvalue weighted by atomic mass is 10.1. The molecule has 2 N–H and O–H groups in total. The molecule has 0 atom stereocenters. The zero-order valence-electron chi connectivity index (χ0n) is 15.9. The number of carbonyl (C=O) groups is 4. The van der Waals surface area contributed by atoms with Gasteiger partial charge in [0.1, 0.15) is 13.2 Å². The summed E-state index contributed by atoms with van der Waals surface area (Å²) in [6.45, 7) is -0.304. The largest absolute Gasteiger partial charge is 0.465 e. The van der Waals surface area contributed by atoms with Crippen LogP contribution >= 0.6 is 0 Å². The predicted octanol–water partition coefficient (Wildman–Crippen LogP) is 2.12. The lowest BCUT2D eigenvalue weighted by Gasteiger charge is -2.10. The Hall–Kier alpha value is -3.88. The summed E-state index contributed by atoms with van der Waals surface area (Å²) in [5.41, 5.74) is 1.08. The van der Waals surface area contributed by atoms with Gasteiger partial charge in [-0.05, 0) is 23.8 Å². The molecule has 0 heterocycles. The van der Waals surface area contributed by atoms with Gasteiger partial charge in [0.05, 0.1) is 25.3 Å². The summed E-state index contributed by atoms with van der Waals surface area (Å²) in [6, 6.07) is 13.0. The molecule has 0 unspecified atom stereocenters. The SMILES string of the molecule is COC(=O)c1cc(NC(=O)CNC(=O)OCc2ccccc2)cc(C(=O)OC)c1. The van der Waals surface area contributed by atoms with Gasteiger partial charge in [-0.1, -0.05) is 30.3 Å². The molecule has 0 aliphatic carbocycles. The minimum atomic E-state index is -0.762. The van der Waals surface area contributed by atoms with Gasteiger partial charge in [-0.25, -0.2) is 14.4 Å². The van der Waals surface area contributed by atoms with Gasteiger partial charge < -0.3 is 24.8 Å². The second kappa shape index (κ2) is 10.5. The van der Waals surface area contributed by atoms with Crippen molar-refractivity contribution in [1.82, 2.24) is 5.32 Å². The van der Waals surface area contributed by atoms with Crippen molar-refractivity contribution < 1.29 is 33.4 Å². The highest BCUT2D eigenvalue weighted by Crippen LogP contribution is 2.17. The zero-order valence-corrected chi connectivity index (χ0v) is 15.9. The van der Waals surface area contributed by atoms with E-state index in [0.29, 0.717) is 0 Å². The maximum atomic E-state index is 12.1. The number of anilines is 1. The van der Waals surface area contributed by atoms with Crippen LogP contribution in [0.25, 0.3) is 0 Å². The number of rotatable bonds is 7. The van der Waals surface area contributed by atoms with Gasteiger partial charge in [0.2, 0.25) is 5.91 Å². The maximum Gasteiger partial charge on any atom is 0.407 e. The maximum absolute atomic E-state index is 12.1. The average molecular weight is 400 g/mol. The summed E-state index contributed by atoms with van der Waals surface area (Å²) >= 11 is 0. The number of carbonyl (C=O) groups excluding carboxylic acids is 4. The van der Waals surface area contributed by atoms with Gasteiger partial charge in [0.15, 0.2) is 0 Å². The van der Waals surface area contributed by atoms with Crippen LogP contribution in [-0.2, 0) is 25.6 Å². The van der Waals surface area contributed by atoms with E-state index in [-0.39, 0.29) is 30.0 Å². The first-order valence-electron chi connectivity index (χ1n) is 8.49. The molecular weight excluding hydrogens is 380 g/mol. The Morgan fingerprint density at radius 1 is 0.862 bits per heavy atom.